The van der Waals surface area contributed by atoms with Crippen LogP contribution in [0.3, 0.4) is 0 Å². The van der Waals surface area contributed by atoms with Crippen LogP contribution in [0.4, 0.5) is 5.69 Å². The lowest BCUT2D eigenvalue weighted by Gasteiger charge is -2.13. The molecule has 1 amide bonds. The molecule has 1 atom stereocenters. The molecule has 0 aliphatic carbocycles. The quantitative estimate of drug-likeness (QED) is 0.344. The van der Waals surface area contributed by atoms with Crippen LogP contribution in [0.15, 0.2) is 76.5 Å². The summed E-state index contributed by atoms with van der Waals surface area (Å²) in [7, 11) is 0. The minimum atomic E-state index is -0.358. The van der Waals surface area contributed by atoms with Crippen LogP contribution in [-0.4, -0.2) is 25.9 Å². The van der Waals surface area contributed by atoms with Gasteiger partial charge < -0.3 is 19.0 Å². The molecule has 2 heterocycles. The highest BCUT2D eigenvalue weighted by atomic mass is 32.2. The van der Waals surface area contributed by atoms with Crippen molar-refractivity contribution in [3.8, 4) is 22.9 Å². The number of furan rings is 1. The van der Waals surface area contributed by atoms with E-state index in [1.165, 1.54) is 11.8 Å². The first kappa shape index (κ1) is 21.7. The summed E-state index contributed by atoms with van der Waals surface area (Å²) in [6, 6.07) is 18.7. The normalized spacial score (nSPS) is 11.8. The topological polar surface area (TPSA) is 82.2 Å². The van der Waals surface area contributed by atoms with E-state index < -0.39 is 0 Å². The highest BCUT2D eigenvalue weighted by molar-refractivity contribution is 8.00. The molecular formula is C24H24N4O3S. The summed E-state index contributed by atoms with van der Waals surface area (Å²) in [6.45, 7) is 6.45. The van der Waals surface area contributed by atoms with Gasteiger partial charge >= 0.3 is 0 Å². The Kier molecular flexibility index (Phi) is 6.61. The van der Waals surface area contributed by atoms with Crippen LogP contribution in [-0.2, 0) is 11.3 Å². The van der Waals surface area contributed by atoms with E-state index in [4.69, 9.17) is 9.15 Å². The van der Waals surface area contributed by atoms with Gasteiger partial charge in [0, 0.05) is 12.2 Å². The summed E-state index contributed by atoms with van der Waals surface area (Å²) >= 11 is 1.37. The van der Waals surface area contributed by atoms with Crippen molar-refractivity contribution in [2.75, 3.05) is 5.32 Å². The van der Waals surface area contributed by atoms with Crippen molar-refractivity contribution < 1.29 is 13.9 Å². The van der Waals surface area contributed by atoms with Gasteiger partial charge in [-0.1, -0.05) is 30.0 Å². The van der Waals surface area contributed by atoms with Gasteiger partial charge in [0.05, 0.1) is 17.1 Å². The molecule has 0 radical (unpaired) electrons. The Labute approximate surface area is 190 Å². The van der Waals surface area contributed by atoms with E-state index in [0.717, 1.165) is 22.9 Å². The zero-order valence-electron chi connectivity index (χ0n) is 18.1. The smallest absolute Gasteiger partial charge is 0.237 e. The van der Waals surface area contributed by atoms with Gasteiger partial charge in [-0.2, -0.15) is 0 Å². The number of thioether (sulfide) groups is 1. The molecule has 0 saturated carbocycles. The van der Waals surface area contributed by atoms with Crippen molar-refractivity contribution in [3.05, 3.63) is 72.7 Å². The Hall–Kier alpha value is -3.52. The second-order valence-electron chi connectivity index (χ2n) is 7.13. The van der Waals surface area contributed by atoms with Crippen LogP contribution < -0.4 is 10.1 Å². The number of para-hydroxylation sites is 1. The van der Waals surface area contributed by atoms with Crippen molar-refractivity contribution >= 4 is 23.4 Å². The molecule has 0 aliphatic rings. The van der Waals surface area contributed by atoms with Crippen molar-refractivity contribution in [1.82, 2.24) is 14.8 Å². The maximum Gasteiger partial charge on any atom is 0.237 e. The first-order valence-electron chi connectivity index (χ1n) is 10.3. The number of nitrogens with zero attached hydrogens (tertiary/aromatic N) is 3. The molecule has 0 saturated heterocycles. The zero-order chi connectivity index (χ0) is 22.5. The summed E-state index contributed by atoms with van der Waals surface area (Å²) in [5, 5.41) is 11.9. The van der Waals surface area contributed by atoms with Gasteiger partial charge in [0.1, 0.15) is 17.3 Å². The highest BCUT2D eigenvalue weighted by Gasteiger charge is 2.21. The molecule has 7 nitrogen and oxygen atoms in total. The van der Waals surface area contributed by atoms with E-state index in [9.17, 15) is 4.79 Å². The summed E-state index contributed by atoms with van der Waals surface area (Å²) in [4.78, 5) is 12.7. The van der Waals surface area contributed by atoms with Crippen LogP contribution in [0.1, 0.15) is 19.6 Å². The van der Waals surface area contributed by atoms with Gasteiger partial charge in [-0.25, -0.2) is 0 Å². The van der Waals surface area contributed by atoms with Crippen LogP contribution >= 0.6 is 11.8 Å². The fraction of sp³-hybridized carbons (Fsp3) is 0.208. The van der Waals surface area contributed by atoms with Crippen LogP contribution in [0.5, 0.6) is 11.5 Å². The molecular weight excluding hydrogens is 424 g/mol. The maximum absolute atomic E-state index is 12.7. The largest absolute Gasteiger partial charge is 0.469 e. The number of amides is 1. The summed E-state index contributed by atoms with van der Waals surface area (Å²) in [6.07, 6.45) is 1.64. The molecule has 2 aromatic heterocycles. The lowest BCUT2D eigenvalue weighted by Crippen LogP contribution is -2.22. The Morgan fingerprint density at radius 2 is 1.81 bits per heavy atom. The number of nitrogens with one attached hydrogen (secondary N) is 1. The van der Waals surface area contributed by atoms with Crippen molar-refractivity contribution in [3.63, 3.8) is 0 Å². The number of rotatable bonds is 8. The molecule has 0 fully saturated rings. The molecule has 164 valence electrons. The lowest BCUT2D eigenvalue weighted by atomic mass is 10.2. The number of carbonyl (C=O) groups is 1. The van der Waals surface area contributed by atoms with Gasteiger partial charge in [0.25, 0.3) is 0 Å². The van der Waals surface area contributed by atoms with E-state index >= 15 is 0 Å². The van der Waals surface area contributed by atoms with Crippen molar-refractivity contribution in [1.29, 1.82) is 0 Å². The first-order chi connectivity index (χ1) is 15.5. The summed E-state index contributed by atoms with van der Waals surface area (Å²) in [5.74, 6) is 2.88. The average Bonchev–Trinajstić information content (AvgIpc) is 3.40. The molecule has 0 spiro atoms. The van der Waals surface area contributed by atoms with E-state index in [2.05, 4.69) is 15.5 Å². The second kappa shape index (κ2) is 9.74. The van der Waals surface area contributed by atoms with E-state index in [-0.39, 0.29) is 11.2 Å². The van der Waals surface area contributed by atoms with E-state index in [1.54, 1.807) is 6.26 Å². The monoisotopic (exact) mass is 448 g/mol. The fourth-order valence-corrected chi connectivity index (χ4v) is 4.08. The number of aryl methyl sites for hydroxylation is 1. The Bertz CT molecular complexity index is 1190. The van der Waals surface area contributed by atoms with E-state index in [1.807, 2.05) is 86.0 Å². The molecule has 1 unspecified atom stereocenters. The van der Waals surface area contributed by atoms with Crippen molar-refractivity contribution in [2.24, 2.45) is 0 Å². The molecule has 32 heavy (non-hydrogen) atoms. The number of benzene rings is 2. The number of hydrogen-bond acceptors (Lipinski definition) is 6. The third-order valence-electron chi connectivity index (χ3n) is 4.88. The predicted octanol–water partition coefficient (Wildman–Crippen LogP) is 5.78. The number of aromatic nitrogens is 3. The maximum atomic E-state index is 12.7. The Morgan fingerprint density at radius 1 is 1.09 bits per heavy atom. The summed E-state index contributed by atoms with van der Waals surface area (Å²) in [5.41, 5.74) is 1.61. The Morgan fingerprint density at radius 3 is 2.47 bits per heavy atom. The summed E-state index contributed by atoms with van der Waals surface area (Å²) < 4.78 is 13.2. The number of carbonyl (C=O) groups excluding carboxylic acids is 1. The molecule has 8 heteroatoms. The molecule has 0 aliphatic heterocycles. The highest BCUT2D eigenvalue weighted by Crippen LogP contribution is 2.29. The first-order valence-corrected chi connectivity index (χ1v) is 11.2. The zero-order valence-corrected chi connectivity index (χ0v) is 18.9. The van der Waals surface area contributed by atoms with Gasteiger partial charge in [0.2, 0.25) is 5.91 Å². The van der Waals surface area contributed by atoms with Gasteiger partial charge in [0.15, 0.2) is 11.0 Å². The van der Waals surface area contributed by atoms with Crippen LogP contribution in [0, 0.1) is 6.92 Å². The van der Waals surface area contributed by atoms with Crippen LogP contribution in [0.2, 0.25) is 0 Å². The number of hydrogen-bond donors (Lipinski definition) is 1. The van der Waals surface area contributed by atoms with Gasteiger partial charge in [-0.05, 0) is 63.2 Å². The van der Waals surface area contributed by atoms with Crippen LogP contribution in [0.25, 0.3) is 11.4 Å². The molecule has 1 N–H and O–H groups in total. The second-order valence-corrected chi connectivity index (χ2v) is 8.44. The molecule has 4 rings (SSSR count). The third-order valence-corrected chi connectivity index (χ3v) is 5.97. The molecule has 2 aromatic carbocycles. The lowest BCUT2D eigenvalue weighted by molar-refractivity contribution is -0.115. The SMILES string of the molecule is CCn1c(SC(C)C(=O)Nc2ccc(Oc3ccccc3)cc2)nnc1-c1ccoc1C. The predicted molar refractivity (Wildman–Crippen MR) is 125 cm³/mol. The minimum Gasteiger partial charge on any atom is -0.469 e. The molecule has 4 aromatic rings. The fourth-order valence-electron chi connectivity index (χ4n) is 3.16. The average molecular weight is 449 g/mol. The number of anilines is 1. The Balaban J connectivity index is 1.39. The standard InChI is InChI=1S/C24H24N4O3S/c1-4-28-22(21-14-15-30-16(21)2)26-27-24(28)32-17(3)23(29)25-18-10-12-20(13-11-18)31-19-8-6-5-7-9-19/h5-15,17H,4H2,1-3H3,(H,25,29). The minimum absolute atomic E-state index is 0.113. The molecule has 0 bridgehead atoms. The third kappa shape index (κ3) is 4.86. The van der Waals surface area contributed by atoms with Gasteiger partial charge in [-0.15, -0.1) is 10.2 Å². The number of ether oxygens (including phenoxy) is 1. The van der Waals surface area contributed by atoms with Crippen molar-refractivity contribution in [2.45, 2.75) is 37.7 Å². The van der Waals surface area contributed by atoms with Gasteiger partial charge in [-0.3, -0.25) is 4.79 Å². The van der Waals surface area contributed by atoms with E-state index in [0.29, 0.717) is 23.1 Å².